The summed E-state index contributed by atoms with van der Waals surface area (Å²) in [4.78, 5) is 0. The average molecular weight is 330 g/mol. The lowest BCUT2D eigenvalue weighted by molar-refractivity contribution is -0.229. The van der Waals surface area contributed by atoms with Gasteiger partial charge in [-0.05, 0) is 42.5 Å². The summed E-state index contributed by atoms with van der Waals surface area (Å²) in [5.74, 6) is 6.03. The fraction of sp³-hybridized carbons (Fsp3) is 0.500. The van der Waals surface area contributed by atoms with E-state index >= 15 is 0 Å². The maximum atomic E-state index is 11.7. The Hall–Kier alpha value is -1.64. The van der Waals surface area contributed by atoms with Gasteiger partial charge in [-0.25, -0.2) is 0 Å². The number of benzene rings is 1. The summed E-state index contributed by atoms with van der Waals surface area (Å²) in [5.41, 5.74) is 0.451. The minimum Gasteiger partial charge on any atom is -0.392 e. The van der Waals surface area contributed by atoms with Gasteiger partial charge in [-0.15, -0.1) is 0 Å². The van der Waals surface area contributed by atoms with Crippen LogP contribution in [-0.4, -0.2) is 37.3 Å². The smallest absolute Gasteiger partial charge is 0.166 e. The molecule has 4 heteroatoms. The van der Waals surface area contributed by atoms with Crippen molar-refractivity contribution in [3.63, 3.8) is 0 Å². The molecule has 0 heterocycles. The molecule has 4 nitrogen and oxygen atoms in total. The van der Waals surface area contributed by atoms with Crippen LogP contribution in [0.3, 0.4) is 0 Å². The molecule has 2 N–H and O–H groups in total. The third-order valence-corrected chi connectivity index (χ3v) is 4.93. The number of hydrogen-bond acceptors (Lipinski definition) is 4. The van der Waals surface area contributed by atoms with Crippen LogP contribution in [0.5, 0.6) is 0 Å². The van der Waals surface area contributed by atoms with E-state index in [1.807, 2.05) is 38.1 Å². The second kappa shape index (κ2) is 7.50. The molecule has 0 saturated carbocycles. The normalized spacial score (nSPS) is 26.7. The molecule has 0 spiro atoms. The third kappa shape index (κ3) is 3.13. The molecule has 2 rings (SSSR count). The lowest BCUT2D eigenvalue weighted by Crippen LogP contribution is -2.54. The number of aliphatic hydroxyl groups excluding tert-OH is 1. The number of rotatable bonds is 4. The van der Waals surface area contributed by atoms with E-state index in [0.29, 0.717) is 12.0 Å². The van der Waals surface area contributed by atoms with Gasteiger partial charge in [0.25, 0.3) is 0 Å². The second-order valence-corrected chi connectivity index (χ2v) is 6.41. The van der Waals surface area contributed by atoms with Crippen molar-refractivity contribution in [1.82, 2.24) is 0 Å². The van der Waals surface area contributed by atoms with Crippen molar-refractivity contribution in [1.29, 1.82) is 0 Å². The van der Waals surface area contributed by atoms with Crippen molar-refractivity contribution in [3.05, 3.63) is 47.0 Å². The van der Waals surface area contributed by atoms with Gasteiger partial charge < -0.3 is 19.7 Å². The Morgan fingerprint density at radius 3 is 2.62 bits per heavy atom. The highest BCUT2D eigenvalue weighted by Crippen LogP contribution is 2.51. The van der Waals surface area contributed by atoms with Gasteiger partial charge in [0.1, 0.15) is 0 Å². The van der Waals surface area contributed by atoms with Crippen LogP contribution < -0.4 is 0 Å². The minimum absolute atomic E-state index is 0.0778. The lowest BCUT2D eigenvalue weighted by atomic mass is 9.61. The number of aliphatic hydroxyl groups is 2. The summed E-state index contributed by atoms with van der Waals surface area (Å²) in [6.07, 6.45) is 2.54. The first-order chi connectivity index (χ1) is 11.4. The molecular weight excluding hydrogens is 304 g/mol. The van der Waals surface area contributed by atoms with Gasteiger partial charge in [0, 0.05) is 14.2 Å². The highest BCUT2D eigenvalue weighted by atomic mass is 16.7. The monoisotopic (exact) mass is 330 g/mol. The van der Waals surface area contributed by atoms with E-state index in [4.69, 9.17) is 14.6 Å². The molecule has 1 aromatic carbocycles. The van der Waals surface area contributed by atoms with Crippen LogP contribution in [0.1, 0.15) is 31.4 Å². The molecule has 0 unspecified atom stereocenters. The van der Waals surface area contributed by atoms with E-state index in [1.54, 1.807) is 20.3 Å². The molecule has 1 aromatic rings. The number of hydrogen-bond donors (Lipinski definition) is 2. The second-order valence-electron chi connectivity index (χ2n) is 6.41. The van der Waals surface area contributed by atoms with Crippen LogP contribution in [-0.2, 0) is 21.5 Å². The van der Waals surface area contributed by atoms with Gasteiger partial charge in [0.15, 0.2) is 11.9 Å². The number of fused-ring (bicyclic) bond motifs is 1. The average Bonchev–Trinajstić information content (AvgIpc) is 2.58. The number of aryl methyl sites for hydroxylation is 1. The molecule has 0 amide bonds. The largest absolute Gasteiger partial charge is 0.392 e. The van der Waals surface area contributed by atoms with Crippen LogP contribution >= 0.6 is 0 Å². The fourth-order valence-corrected chi connectivity index (χ4v) is 3.47. The van der Waals surface area contributed by atoms with Crippen molar-refractivity contribution >= 4 is 0 Å². The first-order valence-electron chi connectivity index (χ1n) is 8.10. The third-order valence-electron chi connectivity index (χ3n) is 4.93. The van der Waals surface area contributed by atoms with E-state index < -0.39 is 17.3 Å². The standard InChI is InChI=1S/C20H26O4/c1-15(11-14-21)9-13-20(22)17-8-6-5-7-16(17)10-12-19(20,2)18(23-3)24-4/h5-8,11,18,21-22H,10,12,14H2,1-4H3/b15-11-/t19-,20-/m0/s1. The van der Waals surface area contributed by atoms with Gasteiger partial charge in [-0.2, -0.15) is 0 Å². The zero-order valence-corrected chi connectivity index (χ0v) is 14.8. The molecule has 0 aromatic heterocycles. The van der Waals surface area contributed by atoms with Crippen molar-refractivity contribution in [2.75, 3.05) is 20.8 Å². The van der Waals surface area contributed by atoms with Crippen molar-refractivity contribution in [3.8, 4) is 11.8 Å². The Morgan fingerprint density at radius 1 is 1.33 bits per heavy atom. The quantitative estimate of drug-likeness (QED) is 0.657. The fourth-order valence-electron chi connectivity index (χ4n) is 3.47. The Bertz CT molecular complexity index is 666. The van der Waals surface area contributed by atoms with Gasteiger partial charge in [-0.3, -0.25) is 0 Å². The molecule has 0 saturated heterocycles. The molecule has 0 fully saturated rings. The number of allylic oxidation sites excluding steroid dienone is 1. The molecule has 1 aliphatic rings. The summed E-state index contributed by atoms with van der Waals surface area (Å²) >= 11 is 0. The molecule has 130 valence electrons. The first kappa shape index (κ1) is 18.7. The molecular formula is C20H26O4. The van der Waals surface area contributed by atoms with Crippen LogP contribution in [0, 0.1) is 17.3 Å². The molecule has 0 radical (unpaired) electrons. The Morgan fingerprint density at radius 2 is 2.00 bits per heavy atom. The predicted molar refractivity (Wildman–Crippen MR) is 93.2 cm³/mol. The van der Waals surface area contributed by atoms with Crippen LogP contribution in [0.15, 0.2) is 35.9 Å². The van der Waals surface area contributed by atoms with Gasteiger partial charge in [-0.1, -0.05) is 43.0 Å². The van der Waals surface area contributed by atoms with E-state index in [-0.39, 0.29) is 6.61 Å². The Labute approximate surface area is 144 Å². The van der Waals surface area contributed by atoms with Crippen LogP contribution in [0.25, 0.3) is 0 Å². The molecule has 24 heavy (non-hydrogen) atoms. The summed E-state index contributed by atoms with van der Waals surface area (Å²) in [7, 11) is 3.15. The first-order valence-corrected chi connectivity index (χ1v) is 8.10. The SMILES string of the molecule is COC(OC)[C@]1(C)CCc2ccccc2[C@@]1(O)C#C/C(C)=C\CO. The van der Waals surface area contributed by atoms with Crippen LogP contribution in [0.4, 0.5) is 0 Å². The molecule has 2 atom stereocenters. The van der Waals surface area contributed by atoms with E-state index in [1.165, 1.54) is 0 Å². The number of methoxy groups -OCH3 is 2. The van der Waals surface area contributed by atoms with Crippen molar-refractivity contribution < 1.29 is 19.7 Å². The van der Waals surface area contributed by atoms with Gasteiger partial charge >= 0.3 is 0 Å². The Balaban J connectivity index is 2.63. The van der Waals surface area contributed by atoms with Crippen LogP contribution in [0.2, 0.25) is 0 Å². The predicted octanol–water partition coefficient (Wildman–Crippen LogP) is 2.39. The highest BCUT2D eigenvalue weighted by molar-refractivity contribution is 5.45. The topological polar surface area (TPSA) is 58.9 Å². The summed E-state index contributed by atoms with van der Waals surface area (Å²) in [6.45, 7) is 3.68. The minimum atomic E-state index is -1.41. The zero-order valence-electron chi connectivity index (χ0n) is 14.8. The molecule has 0 bridgehead atoms. The van der Waals surface area contributed by atoms with Crippen molar-refractivity contribution in [2.24, 2.45) is 5.41 Å². The van der Waals surface area contributed by atoms with Crippen molar-refractivity contribution in [2.45, 2.75) is 38.6 Å². The maximum Gasteiger partial charge on any atom is 0.166 e. The maximum absolute atomic E-state index is 11.7. The summed E-state index contributed by atoms with van der Waals surface area (Å²) < 4.78 is 11.0. The molecule has 0 aliphatic heterocycles. The highest BCUT2D eigenvalue weighted by Gasteiger charge is 2.55. The molecule has 1 aliphatic carbocycles. The van der Waals surface area contributed by atoms with Gasteiger partial charge in [0.05, 0.1) is 12.0 Å². The summed E-state index contributed by atoms with van der Waals surface area (Å²) in [6, 6.07) is 7.81. The van der Waals surface area contributed by atoms with E-state index in [2.05, 4.69) is 11.8 Å². The number of ether oxygens (including phenoxy) is 2. The van der Waals surface area contributed by atoms with E-state index in [0.717, 1.165) is 17.5 Å². The van der Waals surface area contributed by atoms with Gasteiger partial charge in [0.2, 0.25) is 0 Å². The summed E-state index contributed by atoms with van der Waals surface area (Å²) in [5, 5.41) is 20.7. The Kier molecular flexibility index (Phi) is 5.84. The lowest BCUT2D eigenvalue weighted by Gasteiger charge is -2.49. The van der Waals surface area contributed by atoms with E-state index in [9.17, 15) is 5.11 Å². The zero-order chi connectivity index (χ0) is 17.8.